The van der Waals surface area contributed by atoms with Gasteiger partial charge >= 0.3 is 0 Å². The number of aromatic nitrogens is 1. The molecule has 0 amide bonds. The molecule has 84 valence electrons. The van der Waals surface area contributed by atoms with Crippen LogP contribution in [0.25, 0.3) is 0 Å². The highest BCUT2D eigenvalue weighted by Gasteiger charge is 1.99. The van der Waals surface area contributed by atoms with E-state index in [-0.39, 0.29) is 5.56 Å². The van der Waals surface area contributed by atoms with E-state index in [9.17, 15) is 4.79 Å². The number of aryl methyl sites for hydroxylation is 1. The van der Waals surface area contributed by atoms with E-state index >= 15 is 0 Å². The molecular weight excluding hydrogens is 188 g/mol. The van der Waals surface area contributed by atoms with Gasteiger partial charge in [0.05, 0.1) is 0 Å². The second-order valence-electron chi connectivity index (χ2n) is 3.95. The summed E-state index contributed by atoms with van der Waals surface area (Å²) in [5, 5.41) is 3.37. The van der Waals surface area contributed by atoms with Gasteiger partial charge in [0.2, 0.25) is 0 Å². The summed E-state index contributed by atoms with van der Waals surface area (Å²) in [6.07, 6.45) is 2.95. The van der Waals surface area contributed by atoms with E-state index in [0.717, 1.165) is 25.1 Å². The number of nitrogens with one attached hydrogen (secondary N) is 1. The van der Waals surface area contributed by atoms with E-state index in [1.165, 1.54) is 0 Å². The van der Waals surface area contributed by atoms with Crippen molar-refractivity contribution in [2.75, 3.05) is 6.54 Å². The third-order valence-corrected chi connectivity index (χ3v) is 2.67. The normalized spacial score (nSPS) is 12.7. The molecule has 0 aliphatic heterocycles. The van der Waals surface area contributed by atoms with Gasteiger partial charge in [0.25, 0.3) is 5.56 Å². The molecule has 0 aromatic carbocycles. The van der Waals surface area contributed by atoms with Crippen molar-refractivity contribution in [3.05, 3.63) is 34.2 Å². The molecule has 0 spiro atoms. The first kappa shape index (κ1) is 12.0. The Morgan fingerprint density at radius 1 is 1.53 bits per heavy atom. The summed E-state index contributed by atoms with van der Waals surface area (Å²) >= 11 is 0. The van der Waals surface area contributed by atoms with Gasteiger partial charge in [-0.2, -0.15) is 0 Å². The zero-order chi connectivity index (χ0) is 11.3. The van der Waals surface area contributed by atoms with Crippen molar-refractivity contribution in [3.63, 3.8) is 0 Å². The van der Waals surface area contributed by atoms with Crippen LogP contribution in [0.2, 0.25) is 0 Å². The number of hydrogen-bond acceptors (Lipinski definition) is 2. The first-order chi connectivity index (χ1) is 7.15. The summed E-state index contributed by atoms with van der Waals surface area (Å²) in [6, 6.07) is 4.28. The Hall–Kier alpha value is -1.09. The van der Waals surface area contributed by atoms with Crippen LogP contribution in [0, 0.1) is 6.92 Å². The Bertz CT molecular complexity index is 357. The van der Waals surface area contributed by atoms with Gasteiger partial charge in [-0.3, -0.25) is 4.79 Å². The Balaban J connectivity index is 2.51. The molecule has 1 unspecified atom stereocenters. The quantitative estimate of drug-likeness (QED) is 0.796. The minimum absolute atomic E-state index is 0.114. The molecule has 0 bridgehead atoms. The monoisotopic (exact) mass is 208 g/mol. The first-order valence-corrected chi connectivity index (χ1v) is 5.54. The molecular formula is C12H20N2O. The van der Waals surface area contributed by atoms with Gasteiger partial charge in [-0.05, 0) is 26.3 Å². The van der Waals surface area contributed by atoms with Crippen molar-refractivity contribution in [1.29, 1.82) is 0 Å². The van der Waals surface area contributed by atoms with Crippen LogP contribution in [0.15, 0.2) is 23.1 Å². The van der Waals surface area contributed by atoms with Gasteiger partial charge in [0.15, 0.2) is 0 Å². The summed E-state index contributed by atoms with van der Waals surface area (Å²) in [6.45, 7) is 7.74. The standard InChI is InChI=1S/C12H20N2O/c1-4-11(3)13-7-9-14-8-5-6-10(2)12(14)15/h5-6,8,11,13H,4,7,9H2,1-3H3. The van der Waals surface area contributed by atoms with Gasteiger partial charge in [-0.15, -0.1) is 0 Å². The highest BCUT2D eigenvalue weighted by molar-refractivity contribution is 5.07. The highest BCUT2D eigenvalue weighted by atomic mass is 16.1. The van der Waals surface area contributed by atoms with Crippen LogP contribution in [0.4, 0.5) is 0 Å². The highest BCUT2D eigenvalue weighted by Crippen LogP contribution is 1.90. The van der Waals surface area contributed by atoms with E-state index in [0.29, 0.717) is 6.04 Å². The zero-order valence-corrected chi connectivity index (χ0v) is 9.79. The number of rotatable bonds is 5. The lowest BCUT2D eigenvalue weighted by molar-refractivity contribution is 0.499. The van der Waals surface area contributed by atoms with Gasteiger partial charge in [0, 0.05) is 30.9 Å². The second-order valence-corrected chi connectivity index (χ2v) is 3.95. The Morgan fingerprint density at radius 2 is 2.27 bits per heavy atom. The summed E-state index contributed by atoms with van der Waals surface area (Å²) in [7, 11) is 0. The number of pyridine rings is 1. The fourth-order valence-corrected chi connectivity index (χ4v) is 1.41. The lowest BCUT2D eigenvalue weighted by Crippen LogP contribution is -2.32. The van der Waals surface area contributed by atoms with Crippen molar-refractivity contribution in [2.45, 2.75) is 39.8 Å². The molecule has 1 N–H and O–H groups in total. The summed E-state index contributed by atoms with van der Waals surface area (Å²) in [5.41, 5.74) is 0.921. The molecule has 0 saturated heterocycles. The molecule has 3 heteroatoms. The molecule has 1 heterocycles. The minimum Gasteiger partial charge on any atom is -0.314 e. The zero-order valence-electron chi connectivity index (χ0n) is 9.79. The van der Waals surface area contributed by atoms with Gasteiger partial charge in [-0.25, -0.2) is 0 Å². The number of nitrogens with zero attached hydrogens (tertiary/aromatic N) is 1. The predicted octanol–water partition coefficient (Wildman–Crippen LogP) is 1.54. The maximum atomic E-state index is 11.6. The predicted molar refractivity (Wildman–Crippen MR) is 63.2 cm³/mol. The second kappa shape index (κ2) is 5.71. The Kier molecular flexibility index (Phi) is 4.56. The summed E-state index contributed by atoms with van der Waals surface area (Å²) in [5.74, 6) is 0. The molecule has 1 aromatic heterocycles. The molecule has 1 aromatic rings. The van der Waals surface area contributed by atoms with E-state index < -0.39 is 0 Å². The average Bonchev–Trinajstić information content (AvgIpc) is 2.24. The van der Waals surface area contributed by atoms with Crippen LogP contribution in [-0.4, -0.2) is 17.2 Å². The first-order valence-electron chi connectivity index (χ1n) is 5.54. The van der Waals surface area contributed by atoms with Crippen molar-refractivity contribution in [3.8, 4) is 0 Å². The molecule has 0 saturated carbocycles. The molecule has 3 nitrogen and oxygen atoms in total. The molecule has 0 radical (unpaired) electrons. The Labute approximate surface area is 91.1 Å². The maximum Gasteiger partial charge on any atom is 0.253 e. The summed E-state index contributed by atoms with van der Waals surface area (Å²) in [4.78, 5) is 11.6. The average molecular weight is 208 g/mol. The van der Waals surface area contributed by atoms with Crippen LogP contribution < -0.4 is 10.9 Å². The van der Waals surface area contributed by atoms with Crippen LogP contribution in [-0.2, 0) is 6.54 Å². The Morgan fingerprint density at radius 3 is 2.93 bits per heavy atom. The maximum absolute atomic E-state index is 11.6. The van der Waals surface area contributed by atoms with E-state index in [2.05, 4.69) is 19.2 Å². The van der Waals surface area contributed by atoms with Crippen molar-refractivity contribution >= 4 is 0 Å². The topological polar surface area (TPSA) is 34.0 Å². The number of hydrogen-bond donors (Lipinski definition) is 1. The lowest BCUT2D eigenvalue weighted by Gasteiger charge is -2.12. The minimum atomic E-state index is 0.114. The summed E-state index contributed by atoms with van der Waals surface area (Å²) < 4.78 is 1.75. The van der Waals surface area contributed by atoms with Gasteiger partial charge in [-0.1, -0.05) is 13.0 Å². The smallest absolute Gasteiger partial charge is 0.253 e. The van der Waals surface area contributed by atoms with Crippen molar-refractivity contribution in [2.24, 2.45) is 0 Å². The third kappa shape index (κ3) is 3.51. The molecule has 1 atom stereocenters. The molecule has 15 heavy (non-hydrogen) atoms. The third-order valence-electron chi connectivity index (χ3n) is 2.67. The van der Waals surface area contributed by atoms with E-state index in [1.807, 2.05) is 25.3 Å². The van der Waals surface area contributed by atoms with Crippen LogP contribution >= 0.6 is 0 Å². The van der Waals surface area contributed by atoms with E-state index in [4.69, 9.17) is 0 Å². The van der Waals surface area contributed by atoms with Crippen molar-refractivity contribution < 1.29 is 0 Å². The van der Waals surface area contributed by atoms with Gasteiger partial charge < -0.3 is 9.88 Å². The molecule has 0 fully saturated rings. The van der Waals surface area contributed by atoms with Gasteiger partial charge in [0.1, 0.15) is 0 Å². The van der Waals surface area contributed by atoms with Crippen LogP contribution in [0.5, 0.6) is 0 Å². The largest absolute Gasteiger partial charge is 0.314 e. The van der Waals surface area contributed by atoms with Crippen LogP contribution in [0.3, 0.4) is 0 Å². The molecule has 0 aliphatic rings. The fraction of sp³-hybridized carbons (Fsp3) is 0.583. The fourth-order valence-electron chi connectivity index (χ4n) is 1.41. The van der Waals surface area contributed by atoms with E-state index in [1.54, 1.807) is 4.57 Å². The molecule has 1 rings (SSSR count). The lowest BCUT2D eigenvalue weighted by atomic mass is 10.2. The van der Waals surface area contributed by atoms with Crippen LogP contribution in [0.1, 0.15) is 25.8 Å². The SMILES string of the molecule is CCC(C)NCCn1cccc(C)c1=O. The van der Waals surface area contributed by atoms with Crippen molar-refractivity contribution in [1.82, 2.24) is 9.88 Å². The molecule has 0 aliphatic carbocycles.